The van der Waals surface area contributed by atoms with E-state index in [0.717, 1.165) is 12.8 Å². The molecule has 1 rings (SSSR count). The fraction of sp³-hybridized carbons (Fsp3) is 0.800. The molecule has 1 aliphatic heterocycles. The first-order chi connectivity index (χ1) is 11.3. The lowest BCUT2D eigenvalue weighted by atomic mass is 10.1. The van der Waals surface area contributed by atoms with Crippen molar-refractivity contribution in [3.63, 3.8) is 0 Å². The molecule has 0 bridgehead atoms. The van der Waals surface area contributed by atoms with Crippen molar-refractivity contribution < 1.29 is 24.6 Å². The smallest absolute Gasteiger partial charge is 0.328 e. The van der Waals surface area contributed by atoms with Gasteiger partial charge in [-0.05, 0) is 39.2 Å². The van der Waals surface area contributed by atoms with E-state index in [0.29, 0.717) is 32.4 Å². The fourth-order valence-corrected chi connectivity index (χ4v) is 2.79. The summed E-state index contributed by atoms with van der Waals surface area (Å²) in [6.45, 7) is 2.23. The van der Waals surface area contributed by atoms with E-state index in [2.05, 4.69) is 5.32 Å². The summed E-state index contributed by atoms with van der Waals surface area (Å²) in [5, 5.41) is 20.8. The standard InChI is InChI=1S/C15H28N4O5/c1-9(20)12(15(23)24)18-13(21)11-6-4-8-19(11)14(22)10(17)5-2-3-7-16/h9-12,20H,2-8,16-17H2,1H3,(H,18,21)(H,23,24)/t9-,10-,11+,12+/m1/s1. The first kappa shape index (κ1) is 20.3. The number of aliphatic hydroxyl groups is 1. The van der Waals surface area contributed by atoms with Crippen molar-refractivity contribution in [1.29, 1.82) is 0 Å². The Hall–Kier alpha value is -1.71. The molecular formula is C15H28N4O5. The maximum Gasteiger partial charge on any atom is 0.328 e. The number of nitrogens with two attached hydrogens (primary N) is 2. The van der Waals surface area contributed by atoms with Crippen LogP contribution < -0.4 is 16.8 Å². The summed E-state index contributed by atoms with van der Waals surface area (Å²) in [6, 6.07) is -2.86. The molecule has 9 nitrogen and oxygen atoms in total. The van der Waals surface area contributed by atoms with Crippen LogP contribution in [0.4, 0.5) is 0 Å². The van der Waals surface area contributed by atoms with Gasteiger partial charge in [-0.1, -0.05) is 6.42 Å². The summed E-state index contributed by atoms with van der Waals surface area (Å²) < 4.78 is 0. The summed E-state index contributed by atoms with van der Waals surface area (Å²) in [5.74, 6) is -2.22. The van der Waals surface area contributed by atoms with Gasteiger partial charge in [0, 0.05) is 6.54 Å². The maximum absolute atomic E-state index is 12.4. The summed E-state index contributed by atoms with van der Waals surface area (Å²) in [7, 11) is 0. The monoisotopic (exact) mass is 344 g/mol. The first-order valence-corrected chi connectivity index (χ1v) is 8.27. The minimum Gasteiger partial charge on any atom is -0.480 e. The molecule has 138 valence electrons. The Morgan fingerprint density at radius 3 is 2.54 bits per heavy atom. The summed E-state index contributed by atoms with van der Waals surface area (Å²) >= 11 is 0. The molecule has 0 aromatic rings. The highest BCUT2D eigenvalue weighted by Crippen LogP contribution is 2.19. The third kappa shape index (κ3) is 5.43. The molecule has 2 amide bonds. The van der Waals surface area contributed by atoms with Crippen LogP contribution in [0.15, 0.2) is 0 Å². The highest BCUT2D eigenvalue weighted by molar-refractivity contribution is 5.92. The van der Waals surface area contributed by atoms with Crippen LogP contribution in [-0.2, 0) is 14.4 Å². The second kappa shape index (κ2) is 9.55. The van der Waals surface area contributed by atoms with E-state index in [1.807, 2.05) is 0 Å². The van der Waals surface area contributed by atoms with Crippen molar-refractivity contribution in [2.45, 2.75) is 63.3 Å². The second-order valence-electron chi connectivity index (χ2n) is 6.15. The van der Waals surface area contributed by atoms with Crippen molar-refractivity contribution in [2.75, 3.05) is 13.1 Å². The highest BCUT2D eigenvalue weighted by Gasteiger charge is 2.38. The number of hydrogen-bond acceptors (Lipinski definition) is 6. The van der Waals surface area contributed by atoms with Crippen LogP contribution in [0.2, 0.25) is 0 Å². The Balaban J connectivity index is 2.68. The minimum atomic E-state index is -1.41. The molecule has 0 aromatic heterocycles. The van der Waals surface area contributed by atoms with Gasteiger partial charge in [0.2, 0.25) is 11.8 Å². The number of nitrogens with one attached hydrogen (secondary N) is 1. The van der Waals surface area contributed by atoms with Crippen LogP contribution in [0, 0.1) is 0 Å². The number of rotatable bonds is 9. The van der Waals surface area contributed by atoms with Crippen molar-refractivity contribution in [3.8, 4) is 0 Å². The van der Waals surface area contributed by atoms with Gasteiger partial charge in [0.1, 0.15) is 6.04 Å². The lowest BCUT2D eigenvalue weighted by molar-refractivity contribution is -0.146. The Morgan fingerprint density at radius 1 is 1.33 bits per heavy atom. The minimum absolute atomic E-state index is 0.311. The van der Waals surface area contributed by atoms with Gasteiger partial charge < -0.3 is 31.9 Å². The van der Waals surface area contributed by atoms with Gasteiger partial charge in [-0.3, -0.25) is 9.59 Å². The van der Waals surface area contributed by atoms with Gasteiger partial charge in [0.15, 0.2) is 6.04 Å². The molecule has 0 saturated carbocycles. The van der Waals surface area contributed by atoms with Crippen molar-refractivity contribution >= 4 is 17.8 Å². The number of hydrogen-bond donors (Lipinski definition) is 5. The first-order valence-electron chi connectivity index (χ1n) is 8.27. The van der Waals surface area contributed by atoms with Crippen LogP contribution >= 0.6 is 0 Å². The average molecular weight is 344 g/mol. The normalized spacial score (nSPS) is 21.2. The number of amides is 2. The van der Waals surface area contributed by atoms with E-state index >= 15 is 0 Å². The third-order valence-electron chi connectivity index (χ3n) is 4.17. The van der Waals surface area contributed by atoms with Gasteiger partial charge in [0.05, 0.1) is 12.1 Å². The molecular weight excluding hydrogens is 316 g/mol. The molecule has 1 saturated heterocycles. The van der Waals surface area contributed by atoms with Crippen LogP contribution in [0.3, 0.4) is 0 Å². The Labute approximate surface area is 141 Å². The lowest BCUT2D eigenvalue weighted by Gasteiger charge is -2.28. The summed E-state index contributed by atoms with van der Waals surface area (Å²) in [4.78, 5) is 37.2. The maximum atomic E-state index is 12.4. The molecule has 1 fully saturated rings. The number of carbonyl (C=O) groups excluding carboxylic acids is 2. The number of aliphatic carboxylic acids is 1. The van der Waals surface area contributed by atoms with Gasteiger partial charge in [-0.15, -0.1) is 0 Å². The van der Waals surface area contributed by atoms with Crippen LogP contribution in [0.25, 0.3) is 0 Å². The average Bonchev–Trinajstić information content (AvgIpc) is 3.00. The van der Waals surface area contributed by atoms with Crippen LogP contribution in [-0.4, -0.2) is 70.2 Å². The van der Waals surface area contributed by atoms with E-state index in [1.165, 1.54) is 11.8 Å². The van der Waals surface area contributed by atoms with Crippen molar-refractivity contribution in [2.24, 2.45) is 11.5 Å². The molecule has 0 spiro atoms. The quantitative estimate of drug-likeness (QED) is 0.314. The van der Waals surface area contributed by atoms with E-state index in [1.54, 1.807) is 0 Å². The zero-order valence-electron chi connectivity index (χ0n) is 14.0. The Bertz CT molecular complexity index is 457. The molecule has 0 radical (unpaired) electrons. The third-order valence-corrected chi connectivity index (χ3v) is 4.17. The van der Waals surface area contributed by atoms with Crippen molar-refractivity contribution in [1.82, 2.24) is 10.2 Å². The zero-order valence-corrected chi connectivity index (χ0v) is 14.0. The SMILES string of the molecule is C[C@@H](O)[C@H](NC(=O)[C@@H]1CCCN1C(=O)[C@H](N)CCCCN)C(=O)O. The Morgan fingerprint density at radius 2 is 2.00 bits per heavy atom. The number of carboxylic acid groups (broad SMARTS) is 1. The van der Waals surface area contributed by atoms with E-state index < -0.39 is 36.1 Å². The zero-order chi connectivity index (χ0) is 18.3. The lowest BCUT2D eigenvalue weighted by Crippen LogP contribution is -2.56. The topological polar surface area (TPSA) is 159 Å². The second-order valence-corrected chi connectivity index (χ2v) is 6.15. The van der Waals surface area contributed by atoms with Crippen LogP contribution in [0.5, 0.6) is 0 Å². The molecule has 9 heteroatoms. The molecule has 4 atom stereocenters. The summed E-state index contributed by atoms with van der Waals surface area (Å²) in [6.07, 6.45) is 1.85. The molecule has 0 aliphatic carbocycles. The molecule has 0 unspecified atom stereocenters. The van der Waals surface area contributed by atoms with Gasteiger partial charge in [-0.2, -0.15) is 0 Å². The highest BCUT2D eigenvalue weighted by atomic mass is 16.4. The molecule has 1 aliphatic rings. The number of likely N-dealkylation sites (tertiary alicyclic amines) is 1. The van der Waals surface area contributed by atoms with Gasteiger partial charge >= 0.3 is 5.97 Å². The predicted octanol–water partition coefficient (Wildman–Crippen LogP) is -1.62. The number of aliphatic hydroxyl groups excluding tert-OH is 1. The van der Waals surface area contributed by atoms with Gasteiger partial charge in [0.25, 0.3) is 0 Å². The summed E-state index contributed by atoms with van der Waals surface area (Å²) in [5.41, 5.74) is 11.3. The van der Waals surface area contributed by atoms with Crippen LogP contribution in [0.1, 0.15) is 39.0 Å². The fourth-order valence-electron chi connectivity index (χ4n) is 2.79. The molecule has 1 heterocycles. The van der Waals surface area contributed by atoms with Gasteiger partial charge in [-0.25, -0.2) is 4.79 Å². The number of carbonyl (C=O) groups is 3. The Kier molecular flexibility index (Phi) is 8.09. The predicted molar refractivity (Wildman–Crippen MR) is 86.9 cm³/mol. The molecule has 0 aromatic carbocycles. The molecule has 7 N–H and O–H groups in total. The van der Waals surface area contributed by atoms with E-state index in [-0.39, 0.29) is 5.91 Å². The molecule has 24 heavy (non-hydrogen) atoms. The number of unbranched alkanes of at least 4 members (excludes halogenated alkanes) is 1. The number of nitrogens with zero attached hydrogens (tertiary/aromatic N) is 1. The van der Waals surface area contributed by atoms with E-state index in [9.17, 15) is 19.5 Å². The van der Waals surface area contributed by atoms with E-state index in [4.69, 9.17) is 16.6 Å². The number of carboxylic acids is 1. The largest absolute Gasteiger partial charge is 0.480 e. The van der Waals surface area contributed by atoms with Crippen molar-refractivity contribution in [3.05, 3.63) is 0 Å².